The minimum Gasteiger partial charge on any atom is -0.353 e. The van der Waals surface area contributed by atoms with Crippen molar-refractivity contribution < 1.29 is 13.2 Å². The van der Waals surface area contributed by atoms with Gasteiger partial charge in [0.1, 0.15) is 5.25 Å². The van der Waals surface area contributed by atoms with Crippen molar-refractivity contribution in [1.29, 1.82) is 0 Å². The lowest BCUT2D eigenvalue weighted by Crippen LogP contribution is -2.54. The molecule has 1 atom stereocenters. The molecule has 1 aliphatic rings. The minimum atomic E-state index is -3.40. The predicted octanol–water partition coefficient (Wildman–Crippen LogP) is 1.97. The van der Waals surface area contributed by atoms with Gasteiger partial charge in [0, 0.05) is 12.1 Å². The lowest BCUT2D eigenvalue weighted by atomic mass is 9.88. The van der Waals surface area contributed by atoms with Crippen molar-refractivity contribution in [3.05, 3.63) is 0 Å². The van der Waals surface area contributed by atoms with Crippen LogP contribution in [0.25, 0.3) is 0 Å². The van der Waals surface area contributed by atoms with E-state index in [1.54, 1.807) is 13.8 Å². The number of rotatable bonds is 6. The van der Waals surface area contributed by atoms with Gasteiger partial charge in [-0.05, 0) is 47.7 Å². The summed E-state index contributed by atoms with van der Waals surface area (Å²) in [6.07, 6.45) is 6.89. The second-order valence-electron chi connectivity index (χ2n) is 7.03. The highest BCUT2D eigenvalue weighted by Crippen LogP contribution is 2.30. The van der Waals surface area contributed by atoms with Crippen molar-refractivity contribution in [3.8, 4) is 0 Å². The van der Waals surface area contributed by atoms with Crippen LogP contribution in [0.2, 0.25) is 0 Å². The first-order valence-corrected chi connectivity index (χ1v) is 9.92. The Morgan fingerprint density at radius 3 is 2.00 bits per heavy atom. The van der Waals surface area contributed by atoms with Crippen LogP contribution in [-0.4, -0.2) is 55.9 Å². The smallest absolute Gasteiger partial charge is 0.238 e. The number of nitrogens with one attached hydrogen (secondary N) is 1. The zero-order chi connectivity index (χ0) is 17.0. The average Bonchev–Trinajstić information content (AvgIpc) is 2.70. The lowest BCUT2D eigenvalue weighted by Gasteiger charge is -2.40. The zero-order valence-corrected chi connectivity index (χ0v) is 15.5. The second kappa shape index (κ2) is 7.77. The van der Waals surface area contributed by atoms with E-state index in [0.717, 1.165) is 25.7 Å². The average molecular weight is 333 g/mol. The molecule has 6 heteroatoms. The van der Waals surface area contributed by atoms with Crippen molar-refractivity contribution in [2.75, 3.05) is 20.6 Å². The van der Waals surface area contributed by atoms with Gasteiger partial charge in [0.25, 0.3) is 0 Å². The summed E-state index contributed by atoms with van der Waals surface area (Å²) in [7, 11) is 0.693. The molecule has 0 aromatic heterocycles. The minimum absolute atomic E-state index is 0.0481. The molecule has 0 aromatic carbocycles. The number of carbonyl (C=O) groups is 1. The normalized spacial score (nSPS) is 20.7. The van der Waals surface area contributed by atoms with Gasteiger partial charge in [0.2, 0.25) is 5.91 Å². The molecular weight excluding hydrogens is 300 g/mol. The fourth-order valence-electron chi connectivity index (χ4n) is 3.12. The molecular formula is C16H32N2O3S. The fourth-order valence-corrected chi connectivity index (χ4v) is 4.32. The maximum atomic E-state index is 12.3. The molecule has 1 amide bonds. The highest BCUT2D eigenvalue weighted by atomic mass is 32.2. The number of hydrogen-bond donors (Lipinski definition) is 1. The van der Waals surface area contributed by atoms with Crippen LogP contribution < -0.4 is 5.32 Å². The molecule has 1 aliphatic carbocycles. The van der Waals surface area contributed by atoms with E-state index >= 15 is 0 Å². The summed E-state index contributed by atoms with van der Waals surface area (Å²) in [5.74, 6) is -0.376. The quantitative estimate of drug-likeness (QED) is 0.755. The third-order valence-corrected chi connectivity index (χ3v) is 7.61. The maximum absolute atomic E-state index is 12.3. The second-order valence-corrected chi connectivity index (χ2v) is 9.86. The summed E-state index contributed by atoms with van der Waals surface area (Å²) >= 11 is 0. The van der Waals surface area contributed by atoms with Crippen LogP contribution in [0.3, 0.4) is 0 Å². The fraction of sp³-hybridized carbons (Fsp3) is 0.938. The van der Waals surface area contributed by atoms with Crippen molar-refractivity contribution in [2.24, 2.45) is 0 Å². The van der Waals surface area contributed by atoms with Crippen molar-refractivity contribution in [1.82, 2.24) is 10.2 Å². The number of amides is 1. The Morgan fingerprint density at radius 1 is 1.09 bits per heavy atom. The van der Waals surface area contributed by atoms with Crippen LogP contribution in [0.1, 0.15) is 59.3 Å². The lowest BCUT2D eigenvalue weighted by molar-refractivity contribution is -0.121. The maximum Gasteiger partial charge on any atom is 0.238 e. The summed E-state index contributed by atoms with van der Waals surface area (Å²) in [5, 5.41) is 1.38. The molecule has 1 saturated carbocycles. The molecule has 0 saturated heterocycles. The molecule has 0 spiro atoms. The number of nitrogens with zero attached hydrogens (tertiary/aromatic N) is 1. The van der Waals surface area contributed by atoms with E-state index in [-0.39, 0.29) is 11.4 Å². The van der Waals surface area contributed by atoms with Gasteiger partial charge in [-0.1, -0.05) is 25.7 Å². The molecule has 1 fully saturated rings. The Kier molecular flexibility index (Phi) is 6.86. The van der Waals surface area contributed by atoms with Crippen molar-refractivity contribution in [2.45, 2.75) is 75.3 Å². The molecule has 0 aliphatic heterocycles. The number of carbonyl (C=O) groups excluding carboxylic acids is 1. The van der Waals surface area contributed by atoms with E-state index in [9.17, 15) is 13.2 Å². The first kappa shape index (κ1) is 19.4. The van der Waals surface area contributed by atoms with Gasteiger partial charge < -0.3 is 10.2 Å². The van der Waals surface area contributed by atoms with E-state index in [4.69, 9.17) is 0 Å². The van der Waals surface area contributed by atoms with Crippen LogP contribution in [0.5, 0.6) is 0 Å². The number of sulfone groups is 1. The molecule has 0 bridgehead atoms. The highest BCUT2D eigenvalue weighted by Gasteiger charge is 2.36. The summed E-state index contributed by atoms with van der Waals surface area (Å²) < 4.78 is 24.2. The van der Waals surface area contributed by atoms with Crippen molar-refractivity contribution in [3.63, 3.8) is 0 Å². The number of hydrogen-bond acceptors (Lipinski definition) is 4. The van der Waals surface area contributed by atoms with E-state index < -0.39 is 20.3 Å². The molecule has 0 heterocycles. The SMILES string of the molecule is CC(C)S(=O)(=O)[C@H](C)C(=O)NCC1(N(C)C)CCCCCC1. The van der Waals surface area contributed by atoms with E-state index in [2.05, 4.69) is 10.2 Å². The van der Waals surface area contributed by atoms with Gasteiger partial charge in [0.05, 0.1) is 5.25 Å². The molecule has 130 valence electrons. The summed E-state index contributed by atoms with van der Waals surface area (Å²) in [4.78, 5) is 14.5. The van der Waals surface area contributed by atoms with Crippen LogP contribution >= 0.6 is 0 Å². The highest BCUT2D eigenvalue weighted by molar-refractivity contribution is 7.93. The van der Waals surface area contributed by atoms with Crippen LogP contribution in [0.4, 0.5) is 0 Å². The van der Waals surface area contributed by atoms with Gasteiger partial charge >= 0.3 is 0 Å². The van der Waals surface area contributed by atoms with E-state index in [0.29, 0.717) is 6.54 Å². The standard InChI is InChI=1S/C16H32N2O3S/c1-13(2)22(20,21)14(3)15(19)17-12-16(18(4)5)10-8-6-7-9-11-16/h13-14H,6-12H2,1-5H3,(H,17,19)/t14-/m1/s1. The predicted molar refractivity (Wildman–Crippen MR) is 90.6 cm³/mol. The van der Waals surface area contributed by atoms with Gasteiger partial charge in [-0.2, -0.15) is 0 Å². The Labute approximate surface area is 135 Å². The van der Waals surface area contributed by atoms with Crippen LogP contribution in [-0.2, 0) is 14.6 Å². The molecule has 0 radical (unpaired) electrons. The number of likely N-dealkylation sites (N-methyl/N-ethyl adjacent to an activating group) is 1. The van der Waals surface area contributed by atoms with Gasteiger partial charge in [-0.15, -0.1) is 0 Å². The first-order chi connectivity index (χ1) is 10.1. The first-order valence-electron chi connectivity index (χ1n) is 8.31. The summed E-state index contributed by atoms with van der Waals surface area (Å²) in [6.45, 7) is 5.24. The third kappa shape index (κ3) is 4.44. The molecule has 1 N–H and O–H groups in total. The Bertz CT molecular complexity index is 464. The Morgan fingerprint density at radius 2 is 1.59 bits per heavy atom. The van der Waals surface area contributed by atoms with Gasteiger partial charge in [0.15, 0.2) is 9.84 Å². The topological polar surface area (TPSA) is 66.5 Å². The molecule has 0 unspecified atom stereocenters. The Balaban J connectivity index is 2.75. The summed E-state index contributed by atoms with van der Waals surface area (Å²) in [5.41, 5.74) is -0.0481. The Hall–Kier alpha value is -0.620. The summed E-state index contributed by atoms with van der Waals surface area (Å²) in [6, 6.07) is 0. The largest absolute Gasteiger partial charge is 0.353 e. The van der Waals surface area contributed by atoms with Crippen molar-refractivity contribution >= 4 is 15.7 Å². The molecule has 22 heavy (non-hydrogen) atoms. The van der Waals surface area contributed by atoms with Crippen LogP contribution in [0, 0.1) is 0 Å². The van der Waals surface area contributed by atoms with Gasteiger partial charge in [-0.3, -0.25) is 4.79 Å². The van der Waals surface area contributed by atoms with Crippen LogP contribution in [0.15, 0.2) is 0 Å². The molecule has 1 rings (SSSR count). The molecule has 0 aromatic rings. The third-order valence-electron chi connectivity index (χ3n) is 5.09. The molecule has 5 nitrogen and oxygen atoms in total. The van der Waals surface area contributed by atoms with E-state index in [1.807, 2.05) is 14.1 Å². The van der Waals surface area contributed by atoms with Gasteiger partial charge in [-0.25, -0.2) is 8.42 Å². The van der Waals surface area contributed by atoms with E-state index in [1.165, 1.54) is 19.8 Å². The monoisotopic (exact) mass is 332 g/mol. The zero-order valence-electron chi connectivity index (χ0n) is 14.7.